The molecule has 1 aromatic rings. The largest absolute Gasteiger partial charge is 0.486 e. The zero-order chi connectivity index (χ0) is 21.3. The van der Waals surface area contributed by atoms with Crippen LogP contribution in [0.4, 0.5) is 13.2 Å². The van der Waals surface area contributed by atoms with E-state index in [0.717, 1.165) is 6.07 Å². The fraction of sp³-hybridized carbons (Fsp3) is 0.455. The van der Waals surface area contributed by atoms with Crippen molar-refractivity contribution < 1.29 is 31.9 Å². The monoisotopic (exact) mass is 408 g/mol. The van der Waals surface area contributed by atoms with Gasteiger partial charge in [0.1, 0.15) is 23.9 Å². The third-order valence-corrected chi connectivity index (χ3v) is 5.73. The number of carbonyl (C=O) groups is 2. The van der Waals surface area contributed by atoms with Crippen molar-refractivity contribution in [2.75, 3.05) is 6.61 Å². The molecule has 0 aliphatic heterocycles. The Bertz CT molecular complexity index is 840. The van der Waals surface area contributed by atoms with E-state index in [9.17, 15) is 22.8 Å². The highest BCUT2D eigenvalue weighted by atomic mass is 19.4. The van der Waals surface area contributed by atoms with Gasteiger partial charge in [0.05, 0.1) is 0 Å². The van der Waals surface area contributed by atoms with Gasteiger partial charge in [0.25, 0.3) is 0 Å². The van der Waals surface area contributed by atoms with Crippen molar-refractivity contribution in [1.82, 2.24) is 0 Å². The van der Waals surface area contributed by atoms with E-state index in [2.05, 4.69) is 13.2 Å². The molecular formula is C22H23F3O4. The van der Waals surface area contributed by atoms with Gasteiger partial charge in [-0.15, -0.1) is 0 Å². The van der Waals surface area contributed by atoms with E-state index in [0.29, 0.717) is 31.4 Å². The molecule has 0 atom stereocenters. The zero-order valence-corrected chi connectivity index (χ0v) is 16.0. The maximum Gasteiger partial charge on any atom is 0.449 e. The highest BCUT2D eigenvalue weighted by molar-refractivity contribution is 5.90. The van der Waals surface area contributed by atoms with Crippen molar-refractivity contribution in [2.45, 2.75) is 44.7 Å². The summed E-state index contributed by atoms with van der Waals surface area (Å²) in [5.74, 6) is -0.407. The van der Waals surface area contributed by atoms with Crippen molar-refractivity contribution in [3.63, 3.8) is 0 Å². The predicted octanol–water partition coefficient (Wildman–Crippen LogP) is 5.20. The Morgan fingerprint density at radius 2 is 1.90 bits per heavy atom. The summed E-state index contributed by atoms with van der Waals surface area (Å²) in [7, 11) is 0. The number of hydrogen-bond acceptors (Lipinski definition) is 4. The average molecular weight is 408 g/mol. The Labute approximate surface area is 167 Å². The number of ketones is 2. The van der Waals surface area contributed by atoms with Gasteiger partial charge in [-0.05, 0) is 49.0 Å². The lowest BCUT2D eigenvalue weighted by Crippen LogP contribution is -2.65. The average Bonchev–Trinajstić information content (AvgIpc) is 3.07. The van der Waals surface area contributed by atoms with E-state index in [1.165, 1.54) is 12.1 Å². The second-order valence-corrected chi connectivity index (χ2v) is 8.01. The molecule has 156 valence electrons. The Hall–Kier alpha value is -2.57. The number of alkyl halides is 3. The molecule has 3 aliphatic rings. The minimum atomic E-state index is -4.52. The topological polar surface area (TPSA) is 56.5 Å². The lowest BCUT2D eigenvalue weighted by atomic mass is 9.33. The van der Waals surface area contributed by atoms with Gasteiger partial charge < -0.3 is 9.15 Å². The number of ether oxygens (including phenoxy) is 1. The second kappa shape index (κ2) is 7.69. The van der Waals surface area contributed by atoms with Crippen molar-refractivity contribution in [3.8, 4) is 0 Å². The molecule has 0 aromatic carbocycles. The molecule has 0 unspecified atom stereocenters. The minimum Gasteiger partial charge on any atom is -0.486 e. The fourth-order valence-corrected chi connectivity index (χ4v) is 4.57. The van der Waals surface area contributed by atoms with Crippen LogP contribution in [0.25, 0.3) is 0 Å². The Balaban J connectivity index is 1.42. The molecule has 3 saturated carbocycles. The number of rotatable bonds is 11. The normalized spacial score (nSPS) is 25.6. The van der Waals surface area contributed by atoms with Gasteiger partial charge in [-0.1, -0.05) is 19.2 Å². The summed E-state index contributed by atoms with van der Waals surface area (Å²) in [6, 6.07) is 2.14. The van der Waals surface area contributed by atoms with E-state index in [4.69, 9.17) is 9.15 Å². The third-order valence-electron chi connectivity index (χ3n) is 5.73. The smallest absolute Gasteiger partial charge is 0.449 e. The summed E-state index contributed by atoms with van der Waals surface area (Å²) in [5, 5.41) is 0. The summed E-state index contributed by atoms with van der Waals surface area (Å²) < 4.78 is 47.8. The highest BCUT2D eigenvalue weighted by Crippen LogP contribution is 2.75. The van der Waals surface area contributed by atoms with Crippen LogP contribution in [0.5, 0.6) is 0 Å². The van der Waals surface area contributed by atoms with E-state index >= 15 is 0 Å². The van der Waals surface area contributed by atoms with Gasteiger partial charge in [-0.25, -0.2) is 0 Å². The maximum atomic E-state index is 12.6. The fourth-order valence-electron chi connectivity index (χ4n) is 4.57. The highest BCUT2D eigenvalue weighted by Gasteiger charge is 2.70. The summed E-state index contributed by atoms with van der Waals surface area (Å²) >= 11 is 0. The molecule has 1 aromatic heterocycles. The number of allylic oxidation sites excluding steroid dienone is 3. The quantitative estimate of drug-likeness (QED) is 0.373. The molecule has 0 spiro atoms. The number of hydrogen-bond donors (Lipinski definition) is 0. The Morgan fingerprint density at radius 3 is 2.45 bits per heavy atom. The van der Waals surface area contributed by atoms with Crippen molar-refractivity contribution in [2.24, 2.45) is 10.8 Å². The predicted molar refractivity (Wildman–Crippen MR) is 99.8 cm³/mol. The molecule has 0 saturated heterocycles. The number of Topliss-reactive ketones (excluding diaryl/α,β-unsaturated/α-hetero) is 2. The third kappa shape index (κ3) is 4.38. The number of aryl methyl sites for hydroxylation is 1. The first-order valence-electron chi connectivity index (χ1n) is 9.40. The maximum absolute atomic E-state index is 12.6. The molecule has 7 heteroatoms. The first-order valence-corrected chi connectivity index (χ1v) is 9.40. The molecule has 0 radical (unpaired) electrons. The number of halogens is 3. The van der Waals surface area contributed by atoms with Crippen LogP contribution in [0.15, 0.2) is 53.7 Å². The minimum absolute atomic E-state index is 0.0298. The summed E-state index contributed by atoms with van der Waals surface area (Å²) in [4.78, 5) is 24.7. The molecule has 0 amide bonds. The van der Waals surface area contributed by atoms with Crippen LogP contribution in [0.1, 0.15) is 43.6 Å². The molecule has 3 fully saturated rings. The molecule has 2 bridgehead atoms. The van der Waals surface area contributed by atoms with E-state index < -0.39 is 17.4 Å². The first kappa shape index (κ1) is 21.1. The van der Waals surface area contributed by atoms with Gasteiger partial charge >= 0.3 is 6.18 Å². The summed E-state index contributed by atoms with van der Waals surface area (Å²) in [6.07, 6.45) is 2.79. The zero-order valence-electron chi connectivity index (χ0n) is 16.0. The lowest BCUT2D eigenvalue weighted by molar-refractivity contribution is -0.208. The SMILES string of the molecule is C=CC=C(C=C)OCC(=O)CC12CC(C(=O)CCc3ccc(C(F)(F)F)o3)(C1)C2. The van der Waals surface area contributed by atoms with Gasteiger partial charge in [0.15, 0.2) is 5.78 Å². The summed E-state index contributed by atoms with van der Waals surface area (Å²) in [5.41, 5.74) is -0.531. The van der Waals surface area contributed by atoms with E-state index in [1.807, 2.05) is 0 Å². The van der Waals surface area contributed by atoms with Crippen LogP contribution in [-0.4, -0.2) is 18.2 Å². The van der Waals surface area contributed by atoms with Crippen molar-refractivity contribution in [3.05, 3.63) is 60.8 Å². The van der Waals surface area contributed by atoms with Gasteiger partial charge in [-0.2, -0.15) is 13.2 Å². The summed E-state index contributed by atoms with van der Waals surface area (Å²) in [6.45, 7) is 7.11. The van der Waals surface area contributed by atoms with Crippen LogP contribution < -0.4 is 0 Å². The molecular weight excluding hydrogens is 385 g/mol. The lowest BCUT2D eigenvalue weighted by Gasteiger charge is -2.70. The van der Waals surface area contributed by atoms with Gasteiger partial charge in [0.2, 0.25) is 5.76 Å². The molecule has 1 heterocycles. The number of carbonyl (C=O) groups excluding carboxylic acids is 2. The standard InChI is InChI=1S/C22H23F3O4/c1-3-5-16(4-2)28-11-15(26)10-20-12-21(13-20,14-20)18(27)8-6-17-7-9-19(29-17)22(23,24)25/h3-5,7,9H,1-2,6,8,10-14H2. The van der Waals surface area contributed by atoms with Gasteiger partial charge in [0, 0.05) is 24.7 Å². The van der Waals surface area contributed by atoms with Crippen LogP contribution in [0.2, 0.25) is 0 Å². The van der Waals surface area contributed by atoms with E-state index in [1.54, 1.807) is 12.2 Å². The molecule has 0 N–H and O–H groups in total. The second-order valence-electron chi connectivity index (χ2n) is 8.01. The molecule has 4 nitrogen and oxygen atoms in total. The van der Waals surface area contributed by atoms with Crippen LogP contribution >= 0.6 is 0 Å². The molecule has 4 rings (SSSR count). The van der Waals surface area contributed by atoms with Crippen LogP contribution in [0, 0.1) is 10.8 Å². The first-order chi connectivity index (χ1) is 13.6. The van der Waals surface area contributed by atoms with Crippen molar-refractivity contribution in [1.29, 1.82) is 0 Å². The van der Waals surface area contributed by atoms with Crippen molar-refractivity contribution >= 4 is 11.6 Å². The molecule has 29 heavy (non-hydrogen) atoms. The van der Waals surface area contributed by atoms with Crippen LogP contribution in [-0.2, 0) is 26.9 Å². The Kier molecular flexibility index (Phi) is 5.61. The Morgan fingerprint density at radius 1 is 1.21 bits per heavy atom. The number of furan rings is 1. The van der Waals surface area contributed by atoms with Crippen LogP contribution in [0.3, 0.4) is 0 Å². The van der Waals surface area contributed by atoms with Gasteiger partial charge in [-0.3, -0.25) is 9.59 Å². The molecule has 3 aliphatic carbocycles. The van der Waals surface area contributed by atoms with E-state index in [-0.39, 0.29) is 42.2 Å².